The number of methoxy groups -OCH3 is 1. The van der Waals surface area contributed by atoms with Gasteiger partial charge in [-0.1, -0.05) is 61.5 Å². The number of ether oxygens (including phenoxy) is 8. The minimum absolute atomic E-state index is 0.0130. The second-order valence-electron chi connectivity index (χ2n) is 20.6. The van der Waals surface area contributed by atoms with Crippen molar-refractivity contribution in [1.82, 2.24) is 0 Å². The average molecular weight is 867 g/mol. The molecule has 0 unspecified atom stereocenters. The number of allylic oxidation sites excluding steroid dienone is 1. The molecule has 6 aliphatic rings. The van der Waals surface area contributed by atoms with E-state index in [1.807, 2.05) is 33.8 Å². The van der Waals surface area contributed by atoms with Crippen molar-refractivity contribution in [3.8, 4) is 0 Å². The Bertz CT molecular complexity index is 1570. The third kappa shape index (κ3) is 9.71. The van der Waals surface area contributed by atoms with Gasteiger partial charge in [-0.3, -0.25) is 9.59 Å². The summed E-state index contributed by atoms with van der Waals surface area (Å²) >= 11 is 0. The van der Waals surface area contributed by atoms with E-state index in [0.29, 0.717) is 44.1 Å². The van der Waals surface area contributed by atoms with Crippen LogP contribution in [-0.4, -0.2) is 124 Å². The number of carbonyl (C=O) groups excluding carboxylic acids is 1. The van der Waals surface area contributed by atoms with E-state index in [-0.39, 0.29) is 72.4 Å². The average Bonchev–Trinajstić information content (AvgIpc) is 3.71. The Morgan fingerprint density at radius 1 is 0.902 bits per heavy atom. The van der Waals surface area contributed by atoms with Crippen molar-refractivity contribution in [2.24, 2.45) is 47.3 Å². The monoisotopic (exact) mass is 867 g/mol. The zero-order valence-electron chi connectivity index (χ0n) is 38.8. The number of carboxylic acids is 1. The molecule has 61 heavy (non-hydrogen) atoms. The fourth-order valence-electron chi connectivity index (χ4n) is 11.8. The van der Waals surface area contributed by atoms with Crippen molar-refractivity contribution in [2.45, 2.75) is 212 Å². The topological polar surface area (TPSA) is 189 Å². The van der Waals surface area contributed by atoms with Crippen molar-refractivity contribution in [3.05, 3.63) is 11.6 Å². The van der Waals surface area contributed by atoms with Crippen molar-refractivity contribution in [2.75, 3.05) is 13.7 Å². The van der Waals surface area contributed by atoms with Gasteiger partial charge in [-0.05, 0) is 64.4 Å². The first-order valence-electron chi connectivity index (χ1n) is 23.2. The highest BCUT2D eigenvalue weighted by atomic mass is 16.8. The minimum atomic E-state index is -1.66. The van der Waals surface area contributed by atoms with Crippen LogP contribution in [0.4, 0.5) is 0 Å². The lowest BCUT2D eigenvalue weighted by Crippen LogP contribution is -2.63. The van der Waals surface area contributed by atoms with Gasteiger partial charge in [0.1, 0.15) is 0 Å². The predicted octanol–water partition coefficient (Wildman–Crippen LogP) is 6.15. The number of hydrogen-bond acceptors (Lipinski definition) is 13. The predicted molar refractivity (Wildman–Crippen MR) is 224 cm³/mol. The summed E-state index contributed by atoms with van der Waals surface area (Å²) in [6, 6.07) is 0. The molecule has 0 aliphatic carbocycles. The van der Waals surface area contributed by atoms with Gasteiger partial charge in [0.05, 0.1) is 67.0 Å². The molecule has 0 amide bonds. The van der Waals surface area contributed by atoms with Gasteiger partial charge in [0.25, 0.3) is 0 Å². The maximum Gasteiger partial charge on any atom is 0.306 e. The highest BCUT2D eigenvalue weighted by Gasteiger charge is 2.65. The highest BCUT2D eigenvalue weighted by molar-refractivity contribution is 5.96. The highest BCUT2D eigenvalue weighted by Crippen LogP contribution is 2.56. The van der Waals surface area contributed by atoms with Crippen molar-refractivity contribution in [3.63, 3.8) is 0 Å². The molecule has 0 bridgehead atoms. The fraction of sp³-hybridized carbons (Fsp3) is 0.915. The van der Waals surface area contributed by atoms with Crippen LogP contribution in [0.1, 0.15) is 134 Å². The van der Waals surface area contributed by atoms with Crippen LogP contribution >= 0.6 is 0 Å². The summed E-state index contributed by atoms with van der Waals surface area (Å²) in [6.45, 7) is 20.9. The molecule has 21 atom stereocenters. The molecule has 6 fully saturated rings. The number of aliphatic carboxylic acids is 1. The molecule has 0 aromatic heterocycles. The second kappa shape index (κ2) is 18.7. The van der Waals surface area contributed by atoms with Crippen LogP contribution in [0.3, 0.4) is 0 Å². The summed E-state index contributed by atoms with van der Waals surface area (Å²) in [4.78, 5) is 24.8. The lowest BCUT2D eigenvalue weighted by Gasteiger charge is -2.54. The zero-order chi connectivity index (χ0) is 45.0. The van der Waals surface area contributed by atoms with Crippen molar-refractivity contribution in [1.29, 1.82) is 0 Å². The molecular formula is C47H78O14. The van der Waals surface area contributed by atoms with Crippen LogP contribution in [0, 0.1) is 47.3 Å². The Morgan fingerprint density at radius 2 is 1.61 bits per heavy atom. The summed E-state index contributed by atoms with van der Waals surface area (Å²) in [5, 5.41) is 42.5. The van der Waals surface area contributed by atoms with Gasteiger partial charge in [-0.2, -0.15) is 0 Å². The quantitative estimate of drug-likeness (QED) is 0.154. The Hall–Kier alpha value is -1.56. The van der Waals surface area contributed by atoms with Crippen molar-refractivity contribution < 1.29 is 67.9 Å². The third-order valence-electron chi connectivity index (χ3n) is 15.9. The molecule has 0 saturated carbocycles. The smallest absolute Gasteiger partial charge is 0.306 e. The maximum atomic E-state index is 13.4. The summed E-state index contributed by atoms with van der Waals surface area (Å²) < 4.78 is 53.9. The molecule has 6 aliphatic heterocycles. The molecule has 6 saturated heterocycles. The molecule has 14 nitrogen and oxygen atoms in total. The number of ketones is 1. The second-order valence-corrected chi connectivity index (χ2v) is 20.6. The first kappa shape index (κ1) is 48.9. The van der Waals surface area contributed by atoms with Gasteiger partial charge in [0.15, 0.2) is 29.4 Å². The van der Waals surface area contributed by atoms with Gasteiger partial charge in [-0.25, -0.2) is 0 Å². The molecule has 0 radical (unpaired) electrons. The van der Waals surface area contributed by atoms with Crippen LogP contribution < -0.4 is 0 Å². The first-order chi connectivity index (χ1) is 28.5. The number of aliphatic hydroxyl groups is 3. The molecule has 350 valence electrons. The van der Waals surface area contributed by atoms with E-state index >= 15 is 0 Å². The molecule has 0 aromatic rings. The van der Waals surface area contributed by atoms with Gasteiger partial charge in [0.2, 0.25) is 0 Å². The lowest BCUT2D eigenvalue weighted by molar-refractivity contribution is -0.390. The van der Waals surface area contributed by atoms with Gasteiger partial charge in [-0.15, -0.1) is 0 Å². The maximum absolute atomic E-state index is 13.4. The van der Waals surface area contributed by atoms with E-state index in [9.17, 15) is 30.0 Å². The van der Waals surface area contributed by atoms with Crippen LogP contribution in [0.5, 0.6) is 0 Å². The van der Waals surface area contributed by atoms with Gasteiger partial charge in [0, 0.05) is 68.3 Å². The number of hydrogen-bond donors (Lipinski definition) is 4. The van der Waals surface area contributed by atoms with Crippen molar-refractivity contribution >= 4 is 11.8 Å². The summed E-state index contributed by atoms with van der Waals surface area (Å²) in [5.74, 6) is -7.01. The van der Waals surface area contributed by atoms with Crippen LogP contribution in [0.2, 0.25) is 0 Å². The Kier molecular flexibility index (Phi) is 15.0. The Labute approximate surface area is 363 Å². The van der Waals surface area contributed by atoms with E-state index in [1.54, 1.807) is 27.9 Å². The number of carboxylic acid groups (broad SMARTS) is 1. The first-order valence-corrected chi connectivity index (χ1v) is 23.2. The van der Waals surface area contributed by atoms with E-state index in [1.165, 1.54) is 0 Å². The molecule has 6 heterocycles. The van der Waals surface area contributed by atoms with E-state index < -0.39 is 84.2 Å². The summed E-state index contributed by atoms with van der Waals surface area (Å²) in [5.41, 5.74) is -0.326. The number of aliphatic hydroxyl groups excluding tert-OH is 2. The molecular weight excluding hydrogens is 789 g/mol. The number of carbonyl (C=O) groups is 2. The molecule has 14 heteroatoms. The summed E-state index contributed by atoms with van der Waals surface area (Å²) in [7, 11) is 1.70. The summed E-state index contributed by atoms with van der Waals surface area (Å²) in [6.07, 6.45) is 3.25. The van der Waals surface area contributed by atoms with E-state index in [2.05, 4.69) is 27.7 Å². The Balaban J connectivity index is 1.24. The van der Waals surface area contributed by atoms with E-state index in [0.717, 1.165) is 6.42 Å². The minimum Gasteiger partial charge on any atom is -0.481 e. The number of Topliss-reactive ketones (excluding diaryl/α,β-unsaturated/α-hetero) is 1. The van der Waals surface area contributed by atoms with E-state index in [4.69, 9.17) is 37.9 Å². The lowest BCUT2D eigenvalue weighted by atomic mass is 9.76. The third-order valence-corrected chi connectivity index (χ3v) is 15.9. The fourth-order valence-corrected chi connectivity index (χ4v) is 11.8. The zero-order valence-corrected chi connectivity index (χ0v) is 38.8. The van der Waals surface area contributed by atoms with Crippen LogP contribution in [-0.2, 0) is 47.5 Å². The largest absolute Gasteiger partial charge is 0.481 e. The SMILES string of the molecule is CO[C@H]1CC[C@@H](O[C@H]2C[C@H]([C@]3(C)CC[C@]4(C[C@H](O)[C@@H](C)[C@@H]([C@@H](C)/C=C(\C)C(=O)[C@H](C)C[C@H](C)C(=O)O)O4)O3)O[C@]3(O[C@@H]([C@H]4O[C@@](O)(CO)[C@H](C)C[C@@H]4C)C[C@@H]3C)[C@@H]2C)O[C@@H]1C. The molecule has 0 aromatic carbocycles. The van der Waals surface area contributed by atoms with Gasteiger partial charge >= 0.3 is 5.97 Å². The molecule has 2 spiro atoms. The standard InChI is InChI=1S/C47H78O14/c1-24(40(50)25(2)18-28(5)43(51)52)17-26(3)41-31(8)34(49)22-45(59-41)16-15-44(11,61-45)38-21-36(56-39-14-13-35(54-12)33(10)55-39)32(9)47(58-38)30(7)20-37(57-47)42-27(4)19-29(6)46(53,23-48)60-42/h17,25-39,41-42,48-49,53H,13-16,18-23H2,1-12H3,(H,51,52)/b24-17+/t25-,26+,27+,28+,29-,30+,31-,32-,33-,34+,35+,36+,37-,38-,39-,41-,42+,44+,45-,46+,47+/m1/s1. The molecule has 4 N–H and O–H groups in total. The Morgan fingerprint density at radius 3 is 2.25 bits per heavy atom. The number of rotatable bonds is 13. The van der Waals surface area contributed by atoms with Crippen LogP contribution in [0.25, 0.3) is 0 Å². The van der Waals surface area contributed by atoms with Gasteiger partial charge < -0.3 is 58.3 Å². The van der Waals surface area contributed by atoms with Crippen LogP contribution in [0.15, 0.2) is 11.6 Å². The molecule has 6 rings (SSSR count). The normalized spacial score (nSPS) is 48.6.